The first-order valence-electron chi connectivity index (χ1n) is 11.0. The van der Waals surface area contributed by atoms with Gasteiger partial charge < -0.3 is 19.2 Å². The topological polar surface area (TPSA) is 63.9 Å². The second-order valence-corrected chi connectivity index (χ2v) is 7.75. The van der Waals surface area contributed by atoms with Gasteiger partial charge in [0, 0.05) is 29.7 Å². The van der Waals surface area contributed by atoms with Crippen LogP contribution in [0, 0.1) is 0 Å². The Bertz CT molecular complexity index is 1020. The lowest BCUT2D eigenvalue weighted by Gasteiger charge is -2.29. The zero-order valence-corrected chi connectivity index (χ0v) is 18.2. The van der Waals surface area contributed by atoms with E-state index in [-0.39, 0.29) is 11.9 Å². The average Bonchev–Trinajstić information content (AvgIpc) is 3.46. The molecule has 1 atom stereocenters. The van der Waals surface area contributed by atoms with Gasteiger partial charge in [-0.1, -0.05) is 36.4 Å². The van der Waals surface area contributed by atoms with Crippen molar-refractivity contribution in [1.29, 1.82) is 0 Å². The quantitative estimate of drug-likeness (QED) is 0.548. The third-order valence-electron chi connectivity index (χ3n) is 5.89. The Kier molecular flexibility index (Phi) is 6.89. The molecule has 1 unspecified atom stereocenters. The zero-order chi connectivity index (χ0) is 21.6. The largest absolute Gasteiger partial charge is 0.496 e. The smallest absolute Gasteiger partial charge is 0.287 e. The minimum atomic E-state index is -0.218. The van der Waals surface area contributed by atoms with Gasteiger partial charge in [0.05, 0.1) is 19.8 Å². The Morgan fingerprint density at radius 2 is 1.87 bits per heavy atom. The zero-order valence-electron chi connectivity index (χ0n) is 18.2. The van der Waals surface area contributed by atoms with Crippen LogP contribution in [-0.2, 0) is 11.3 Å². The lowest BCUT2D eigenvalue weighted by atomic mass is 10.0. The molecule has 1 fully saturated rings. The minimum Gasteiger partial charge on any atom is -0.496 e. The maximum atomic E-state index is 13.2. The van der Waals surface area contributed by atoms with E-state index in [1.54, 1.807) is 7.11 Å². The molecule has 31 heavy (non-hydrogen) atoms. The molecule has 1 N–H and O–H groups in total. The number of nitrogens with zero attached hydrogens (tertiary/aromatic N) is 1. The van der Waals surface area contributed by atoms with Crippen LogP contribution in [0.2, 0.25) is 0 Å². The molecule has 6 nitrogen and oxygen atoms in total. The Morgan fingerprint density at radius 1 is 1.13 bits per heavy atom. The van der Waals surface area contributed by atoms with E-state index in [2.05, 4.69) is 16.3 Å². The van der Waals surface area contributed by atoms with E-state index in [9.17, 15) is 4.79 Å². The third kappa shape index (κ3) is 4.60. The van der Waals surface area contributed by atoms with Crippen molar-refractivity contribution in [3.05, 3.63) is 65.4 Å². The van der Waals surface area contributed by atoms with E-state index >= 15 is 0 Å². The highest BCUT2D eigenvalue weighted by Crippen LogP contribution is 2.32. The van der Waals surface area contributed by atoms with Crippen LogP contribution in [-0.4, -0.2) is 44.2 Å². The summed E-state index contributed by atoms with van der Waals surface area (Å²) in [5.74, 6) is 0.953. The Morgan fingerprint density at radius 3 is 2.65 bits per heavy atom. The number of methoxy groups -OCH3 is 1. The Balaban J connectivity index is 1.58. The summed E-state index contributed by atoms with van der Waals surface area (Å²) in [6.07, 6.45) is 2.34. The van der Waals surface area contributed by atoms with Crippen LogP contribution < -0.4 is 10.1 Å². The van der Waals surface area contributed by atoms with Gasteiger partial charge in [0.15, 0.2) is 5.76 Å². The van der Waals surface area contributed by atoms with Crippen molar-refractivity contribution in [2.24, 2.45) is 0 Å². The molecule has 2 heterocycles. The fourth-order valence-electron chi connectivity index (χ4n) is 4.33. The van der Waals surface area contributed by atoms with Crippen LogP contribution in [0.3, 0.4) is 0 Å². The summed E-state index contributed by atoms with van der Waals surface area (Å²) in [6, 6.07) is 15.8. The summed E-state index contributed by atoms with van der Waals surface area (Å²) in [5.41, 5.74) is 2.58. The number of furan rings is 1. The van der Waals surface area contributed by atoms with Crippen molar-refractivity contribution < 1.29 is 18.7 Å². The van der Waals surface area contributed by atoms with Gasteiger partial charge in [-0.15, -0.1) is 0 Å². The number of hydrogen-bond acceptors (Lipinski definition) is 5. The number of nitrogens with one attached hydrogen (secondary N) is 1. The first kappa shape index (κ1) is 21.4. The Labute approximate surface area is 183 Å². The first-order valence-corrected chi connectivity index (χ1v) is 11.0. The summed E-state index contributed by atoms with van der Waals surface area (Å²) in [5, 5.41) is 4.04. The SMILES string of the molecule is CCOCc1c(C(=O)NCC(c2ccccc2OC)N2CCCC2)oc2ccccc12. The second-order valence-electron chi connectivity index (χ2n) is 7.75. The van der Waals surface area contributed by atoms with Gasteiger partial charge in [-0.05, 0) is 45.0 Å². The van der Waals surface area contributed by atoms with Gasteiger partial charge in [0.1, 0.15) is 11.3 Å². The van der Waals surface area contributed by atoms with Gasteiger partial charge in [-0.3, -0.25) is 9.69 Å². The van der Waals surface area contributed by atoms with Crippen molar-refractivity contribution in [3.63, 3.8) is 0 Å². The molecule has 2 aromatic carbocycles. The maximum absolute atomic E-state index is 13.2. The maximum Gasteiger partial charge on any atom is 0.287 e. The first-order chi connectivity index (χ1) is 15.2. The highest BCUT2D eigenvalue weighted by atomic mass is 16.5. The van der Waals surface area contributed by atoms with Crippen molar-refractivity contribution in [2.75, 3.05) is 33.4 Å². The molecular formula is C25H30N2O4. The number of para-hydroxylation sites is 2. The third-order valence-corrected chi connectivity index (χ3v) is 5.89. The molecule has 4 rings (SSSR count). The van der Waals surface area contributed by atoms with Gasteiger partial charge >= 0.3 is 0 Å². The van der Waals surface area contributed by atoms with Crippen molar-refractivity contribution in [1.82, 2.24) is 10.2 Å². The summed E-state index contributed by atoms with van der Waals surface area (Å²) in [4.78, 5) is 15.6. The second kappa shape index (κ2) is 9.98. The minimum absolute atomic E-state index is 0.0438. The number of likely N-dealkylation sites (tertiary alicyclic amines) is 1. The molecule has 0 saturated carbocycles. The van der Waals surface area contributed by atoms with Crippen LogP contribution in [0.5, 0.6) is 5.75 Å². The summed E-state index contributed by atoms with van der Waals surface area (Å²) >= 11 is 0. The van der Waals surface area contributed by atoms with Crippen LogP contribution in [0.25, 0.3) is 11.0 Å². The van der Waals surface area contributed by atoms with Gasteiger partial charge in [-0.2, -0.15) is 0 Å². The van der Waals surface area contributed by atoms with Crippen molar-refractivity contribution in [3.8, 4) is 5.75 Å². The van der Waals surface area contributed by atoms with Crippen molar-refractivity contribution >= 4 is 16.9 Å². The fraction of sp³-hybridized carbons (Fsp3) is 0.400. The molecule has 3 aromatic rings. The fourth-order valence-corrected chi connectivity index (χ4v) is 4.33. The molecule has 0 bridgehead atoms. The molecule has 164 valence electrons. The Hall–Kier alpha value is -2.83. The molecule has 1 amide bonds. The van der Waals surface area contributed by atoms with E-state index in [1.807, 2.05) is 49.4 Å². The van der Waals surface area contributed by atoms with Crippen molar-refractivity contribution in [2.45, 2.75) is 32.4 Å². The van der Waals surface area contributed by atoms with Gasteiger partial charge in [0.25, 0.3) is 5.91 Å². The number of fused-ring (bicyclic) bond motifs is 1. The lowest BCUT2D eigenvalue weighted by Crippen LogP contribution is -2.37. The highest BCUT2D eigenvalue weighted by Gasteiger charge is 2.28. The number of carbonyl (C=O) groups excluding carboxylic acids is 1. The number of rotatable bonds is 9. The predicted octanol–water partition coefficient (Wildman–Crippen LogP) is 4.54. The highest BCUT2D eigenvalue weighted by molar-refractivity contribution is 5.99. The van der Waals surface area contributed by atoms with Crippen LogP contribution in [0.4, 0.5) is 0 Å². The van der Waals surface area contributed by atoms with Crippen LogP contribution in [0.15, 0.2) is 52.9 Å². The molecule has 6 heteroatoms. The summed E-state index contributed by atoms with van der Waals surface area (Å²) in [6.45, 7) is 5.36. The van der Waals surface area contributed by atoms with E-state index in [4.69, 9.17) is 13.9 Å². The van der Waals surface area contributed by atoms with E-state index < -0.39 is 0 Å². The molecule has 0 radical (unpaired) electrons. The number of benzene rings is 2. The van der Waals surface area contributed by atoms with Gasteiger partial charge in [0.2, 0.25) is 0 Å². The number of ether oxygens (including phenoxy) is 2. The monoisotopic (exact) mass is 422 g/mol. The van der Waals surface area contributed by atoms with Crippen LogP contribution in [0.1, 0.15) is 47.5 Å². The standard InChI is InChI=1S/C25H30N2O4/c1-3-30-17-20-18-10-4-7-13-23(18)31-24(20)25(28)26-16-21(27-14-8-9-15-27)19-11-5-6-12-22(19)29-2/h4-7,10-13,21H,3,8-9,14-17H2,1-2H3,(H,26,28). The van der Waals surface area contributed by atoms with Crippen LogP contribution >= 0.6 is 0 Å². The molecule has 1 aliphatic rings. The molecule has 0 aliphatic carbocycles. The number of carbonyl (C=O) groups is 1. The summed E-state index contributed by atoms with van der Waals surface area (Å²) < 4.78 is 17.2. The van der Waals surface area contributed by atoms with E-state index in [0.717, 1.165) is 35.4 Å². The molecule has 1 aromatic heterocycles. The molecule has 1 saturated heterocycles. The average molecular weight is 423 g/mol. The number of amides is 1. The summed E-state index contributed by atoms with van der Waals surface area (Å²) in [7, 11) is 1.69. The molecule has 1 aliphatic heterocycles. The lowest BCUT2D eigenvalue weighted by molar-refractivity contribution is 0.0899. The molecular weight excluding hydrogens is 392 g/mol. The van der Waals surface area contributed by atoms with Gasteiger partial charge in [-0.25, -0.2) is 0 Å². The number of hydrogen-bond donors (Lipinski definition) is 1. The van der Waals surface area contributed by atoms with E-state index in [1.165, 1.54) is 12.8 Å². The van der Waals surface area contributed by atoms with E-state index in [0.29, 0.717) is 31.1 Å². The predicted molar refractivity (Wildman–Crippen MR) is 120 cm³/mol. The molecule has 0 spiro atoms. The normalized spacial score (nSPS) is 15.3.